The Bertz CT molecular complexity index is 762. The van der Waals surface area contributed by atoms with E-state index < -0.39 is 0 Å². The van der Waals surface area contributed by atoms with Gasteiger partial charge in [0, 0.05) is 0 Å². The number of rotatable bonds is 3. The lowest BCUT2D eigenvalue weighted by atomic mass is 10.2. The van der Waals surface area contributed by atoms with E-state index in [0.29, 0.717) is 17.2 Å². The molecule has 4 nitrogen and oxygen atoms in total. The maximum absolute atomic E-state index is 5.92. The quantitative estimate of drug-likeness (QED) is 0.737. The first-order chi connectivity index (χ1) is 9.61. The van der Waals surface area contributed by atoms with Gasteiger partial charge in [-0.25, -0.2) is 4.98 Å². The highest BCUT2D eigenvalue weighted by atomic mass is 16.5. The summed E-state index contributed by atoms with van der Waals surface area (Å²) in [5.41, 5.74) is 10.1. The molecular formula is C16H16N2O2. The molecule has 2 aromatic carbocycles. The molecule has 102 valence electrons. The Morgan fingerprint density at radius 3 is 2.80 bits per heavy atom. The average molecular weight is 268 g/mol. The van der Waals surface area contributed by atoms with E-state index in [0.717, 1.165) is 22.4 Å². The maximum Gasteiger partial charge on any atom is 0.233 e. The third-order valence-electron chi connectivity index (χ3n) is 3.06. The van der Waals surface area contributed by atoms with Crippen LogP contribution in [-0.4, -0.2) is 4.98 Å². The van der Waals surface area contributed by atoms with Gasteiger partial charge in [-0.15, -0.1) is 0 Å². The van der Waals surface area contributed by atoms with Crippen molar-refractivity contribution in [2.45, 2.75) is 20.5 Å². The molecule has 20 heavy (non-hydrogen) atoms. The fraction of sp³-hybridized carbons (Fsp3) is 0.188. The minimum absolute atomic E-state index is 0.288. The van der Waals surface area contributed by atoms with Crippen molar-refractivity contribution in [3.8, 4) is 5.75 Å². The van der Waals surface area contributed by atoms with Gasteiger partial charge in [0.15, 0.2) is 12.2 Å². The van der Waals surface area contributed by atoms with Crippen molar-refractivity contribution in [2.75, 3.05) is 5.73 Å². The van der Waals surface area contributed by atoms with E-state index in [2.05, 4.69) is 4.98 Å². The van der Waals surface area contributed by atoms with Gasteiger partial charge < -0.3 is 14.9 Å². The maximum atomic E-state index is 5.92. The van der Waals surface area contributed by atoms with Crippen molar-refractivity contribution >= 4 is 16.8 Å². The molecule has 1 aromatic heterocycles. The molecule has 0 aliphatic carbocycles. The highest BCUT2D eigenvalue weighted by Crippen LogP contribution is 2.24. The van der Waals surface area contributed by atoms with E-state index in [9.17, 15) is 0 Å². The van der Waals surface area contributed by atoms with E-state index in [1.165, 1.54) is 0 Å². The number of benzene rings is 2. The summed E-state index contributed by atoms with van der Waals surface area (Å²) >= 11 is 0. The molecule has 0 spiro atoms. The SMILES string of the molecule is Cc1cccc(OCc2nc3cc(C)cc(N)c3o2)c1. The Kier molecular flexibility index (Phi) is 3.06. The first-order valence-electron chi connectivity index (χ1n) is 6.47. The minimum atomic E-state index is 0.288. The smallest absolute Gasteiger partial charge is 0.233 e. The summed E-state index contributed by atoms with van der Waals surface area (Å²) in [7, 11) is 0. The van der Waals surface area contributed by atoms with Crippen LogP contribution in [0.25, 0.3) is 11.1 Å². The van der Waals surface area contributed by atoms with Crippen LogP contribution in [0.15, 0.2) is 40.8 Å². The number of fused-ring (bicyclic) bond motifs is 1. The summed E-state index contributed by atoms with van der Waals surface area (Å²) in [6, 6.07) is 11.7. The van der Waals surface area contributed by atoms with Crippen molar-refractivity contribution in [2.24, 2.45) is 0 Å². The predicted molar refractivity (Wildman–Crippen MR) is 78.7 cm³/mol. The summed E-state index contributed by atoms with van der Waals surface area (Å²) in [6.45, 7) is 4.29. The second-order valence-electron chi connectivity index (χ2n) is 4.92. The van der Waals surface area contributed by atoms with Gasteiger partial charge in [-0.1, -0.05) is 12.1 Å². The van der Waals surface area contributed by atoms with Gasteiger partial charge in [0.2, 0.25) is 5.89 Å². The Hall–Kier alpha value is -2.49. The summed E-state index contributed by atoms with van der Waals surface area (Å²) in [5, 5.41) is 0. The number of aromatic nitrogens is 1. The molecule has 1 heterocycles. The molecule has 0 atom stereocenters. The molecule has 0 saturated heterocycles. The molecule has 3 rings (SSSR count). The average Bonchev–Trinajstić information content (AvgIpc) is 2.80. The van der Waals surface area contributed by atoms with E-state index >= 15 is 0 Å². The first kappa shape index (κ1) is 12.5. The standard InChI is InChI=1S/C16H16N2O2/c1-10-4-3-5-12(6-10)19-9-15-18-14-8-11(2)7-13(17)16(14)20-15/h3-8H,9,17H2,1-2H3. The van der Waals surface area contributed by atoms with Crippen LogP contribution in [0.1, 0.15) is 17.0 Å². The van der Waals surface area contributed by atoms with Crippen LogP contribution in [0.3, 0.4) is 0 Å². The topological polar surface area (TPSA) is 61.3 Å². The molecule has 0 unspecified atom stereocenters. The second kappa shape index (κ2) is 4.89. The third-order valence-corrected chi connectivity index (χ3v) is 3.06. The predicted octanol–water partition coefficient (Wildman–Crippen LogP) is 3.61. The van der Waals surface area contributed by atoms with Crippen LogP contribution in [-0.2, 0) is 6.61 Å². The Morgan fingerprint density at radius 2 is 2.00 bits per heavy atom. The van der Waals surface area contributed by atoms with Crippen molar-refractivity contribution in [1.29, 1.82) is 0 Å². The molecule has 0 saturated carbocycles. The number of nitrogen functional groups attached to an aromatic ring is 1. The van der Waals surface area contributed by atoms with Crippen LogP contribution in [0.2, 0.25) is 0 Å². The van der Waals surface area contributed by atoms with Crippen molar-refractivity contribution in [1.82, 2.24) is 4.98 Å². The van der Waals surface area contributed by atoms with Crippen LogP contribution in [0, 0.1) is 13.8 Å². The normalized spacial score (nSPS) is 10.9. The van der Waals surface area contributed by atoms with Gasteiger partial charge in [0.1, 0.15) is 11.3 Å². The van der Waals surface area contributed by atoms with Crippen molar-refractivity contribution in [3.05, 3.63) is 53.4 Å². The van der Waals surface area contributed by atoms with E-state index in [1.807, 2.05) is 50.2 Å². The Balaban J connectivity index is 1.83. The number of nitrogens with two attached hydrogens (primary N) is 1. The summed E-state index contributed by atoms with van der Waals surface area (Å²) in [4.78, 5) is 4.40. The molecule has 4 heteroatoms. The lowest BCUT2D eigenvalue weighted by molar-refractivity contribution is 0.267. The summed E-state index contributed by atoms with van der Waals surface area (Å²) < 4.78 is 11.3. The third kappa shape index (κ3) is 2.45. The van der Waals surface area contributed by atoms with E-state index in [4.69, 9.17) is 14.9 Å². The van der Waals surface area contributed by atoms with E-state index in [1.54, 1.807) is 0 Å². The molecule has 0 aliphatic rings. The first-order valence-corrected chi connectivity index (χ1v) is 6.47. The molecule has 0 bridgehead atoms. The minimum Gasteiger partial charge on any atom is -0.484 e. The number of hydrogen-bond acceptors (Lipinski definition) is 4. The molecule has 2 N–H and O–H groups in total. The Labute approximate surface area is 117 Å². The zero-order chi connectivity index (χ0) is 14.1. The lowest BCUT2D eigenvalue weighted by Gasteiger charge is -2.03. The van der Waals surface area contributed by atoms with Crippen LogP contribution >= 0.6 is 0 Å². The van der Waals surface area contributed by atoms with Crippen molar-refractivity contribution < 1.29 is 9.15 Å². The zero-order valence-electron chi connectivity index (χ0n) is 11.5. The summed E-state index contributed by atoms with van der Waals surface area (Å²) in [6.07, 6.45) is 0. The number of nitrogens with zero attached hydrogens (tertiary/aromatic N) is 1. The number of aryl methyl sites for hydroxylation is 2. The van der Waals surface area contributed by atoms with Crippen LogP contribution in [0.4, 0.5) is 5.69 Å². The number of ether oxygens (including phenoxy) is 1. The number of hydrogen-bond donors (Lipinski definition) is 1. The van der Waals surface area contributed by atoms with E-state index in [-0.39, 0.29) is 6.61 Å². The van der Waals surface area contributed by atoms with Gasteiger partial charge >= 0.3 is 0 Å². The largest absolute Gasteiger partial charge is 0.484 e. The highest BCUT2D eigenvalue weighted by Gasteiger charge is 2.10. The monoisotopic (exact) mass is 268 g/mol. The summed E-state index contributed by atoms with van der Waals surface area (Å²) in [5.74, 6) is 1.33. The fourth-order valence-corrected chi connectivity index (χ4v) is 2.16. The zero-order valence-corrected chi connectivity index (χ0v) is 11.5. The van der Waals surface area contributed by atoms with Gasteiger partial charge in [0.25, 0.3) is 0 Å². The Morgan fingerprint density at radius 1 is 1.15 bits per heavy atom. The van der Waals surface area contributed by atoms with Crippen LogP contribution < -0.4 is 10.5 Å². The number of oxazole rings is 1. The molecule has 0 fully saturated rings. The van der Waals surface area contributed by atoms with Gasteiger partial charge in [-0.05, 0) is 49.2 Å². The van der Waals surface area contributed by atoms with Crippen LogP contribution in [0.5, 0.6) is 5.75 Å². The number of anilines is 1. The molecule has 0 aliphatic heterocycles. The lowest BCUT2D eigenvalue weighted by Crippen LogP contribution is -1.95. The molecule has 0 radical (unpaired) electrons. The van der Waals surface area contributed by atoms with Gasteiger partial charge in [0.05, 0.1) is 5.69 Å². The van der Waals surface area contributed by atoms with Gasteiger partial charge in [-0.2, -0.15) is 0 Å². The highest BCUT2D eigenvalue weighted by molar-refractivity contribution is 5.85. The fourth-order valence-electron chi connectivity index (χ4n) is 2.16. The van der Waals surface area contributed by atoms with Crippen molar-refractivity contribution in [3.63, 3.8) is 0 Å². The molecule has 3 aromatic rings. The molecule has 0 amide bonds. The van der Waals surface area contributed by atoms with Gasteiger partial charge in [-0.3, -0.25) is 0 Å². The molecular weight excluding hydrogens is 252 g/mol. The second-order valence-corrected chi connectivity index (χ2v) is 4.92.